The van der Waals surface area contributed by atoms with E-state index < -0.39 is 0 Å². The molecule has 21 heavy (non-hydrogen) atoms. The van der Waals surface area contributed by atoms with Crippen LogP contribution in [0, 0.1) is 0 Å². The zero-order chi connectivity index (χ0) is 14.7. The van der Waals surface area contributed by atoms with Crippen molar-refractivity contribution in [1.82, 2.24) is 9.78 Å². The van der Waals surface area contributed by atoms with Crippen LogP contribution in [0.5, 0.6) is 0 Å². The summed E-state index contributed by atoms with van der Waals surface area (Å²) < 4.78 is 6.39. The average Bonchev–Trinajstić information content (AvgIpc) is 3.04. The molecule has 0 saturated heterocycles. The third kappa shape index (κ3) is 2.81. The van der Waals surface area contributed by atoms with Crippen molar-refractivity contribution in [3.05, 3.63) is 76.8 Å². The number of hydrogen-bond acceptors (Lipinski definition) is 4. The van der Waals surface area contributed by atoms with Gasteiger partial charge in [0.15, 0.2) is 11.5 Å². The first-order chi connectivity index (χ1) is 10.2. The maximum Gasteiger partial charge on any atom is 0.267 e. The molecule has 0 atom stereocenters. The number of rotatable bonds is 4. The Hall–Kier alpha value is -2.95. The highest BCUT2D eigenvalue weighted by molar-refractivity contribution is 5.95. The molecule has 5 heteroatoms. The Labute approximate surface area is 120 Å². The third-order valence-electron chi connectivity index (χ3n) is 3.03. The summed E-state index contributed by atoms with van der Waals surface area (Å²) in [5, 5.41) is 4.17. The standard InChI is InChI=1S/C16H12N2O3/c19-14(12-5-2-1-3-6-12)11-18-16(20)9-8-13(17-18)15-7-4-10-21-15/h1-10H,11H2. The molecule has 0 aliphatic heterocycles. The van der Waals surface area contributed by atoms with E-state index in [0.29, 0.717) is 17.0 Å². The lowest BCUT2D eigenvalue weighted by Gasteiger charge is -2.05. The van der Waals surface area contributed by atoms with E-state index in [4.69, 9.17) is 4.42 Å². The molecule has 104 valence electrons. The number of benzene rings is 1. The number of carbonyl (C=O) groups excluding carboxylic acids is 1. The van der Waals surface area contributed by atoms with Crippen LogP contribution < -0.4 is 5.56 Å². The first-order valence-corrected chi connectivity index (χ1v) is 6.44. The Bertz CT molecular complexity index is 805. The minimum Gasteiger partial charge on any atom is -0.463 e. The smallest absolute Gasteiger partial charge is 0.267 e. The maximum absolute atomic E-state index is 12.1. The van der Waals surface area contributed by atoms with Crippen LogP contribution >= 0.6 is 0 Å². The molecule has 3 rings (SSSR count). The van der Waals surface area contributed by atoms with Crippen LogP contribution in [0.4, 0.5) is 0 Å². The Morgan fingerprint density at radius 1 is 1.05 bits per heavy atom. The van der Waals surface area contributed by atoms with Crippen LogP contribution in [0.3, 0.4) is 0 Å². The summed E-state index contributed by atoms with van der Waals surface area (Å²) in [7, 11) is 0. The van der Waals surface area contributed by atoms with Crippen molar-refractivity contribution < 1.29 is 9.21 Å². The van der Waals surface area contributed by atoms with E-state index in [1.807, 2.05) is 6.07 Å². The zero-order valence-corrected chi connectivity index (χ0v) is 11.1. The van der Waals surface area contributed by atoms with E-state index in [9.17, 15) is 9.59 Å². The molecule has 0 unspecified atom stereocenters. The van der Waals surface area contributed by atoms with Gasteiger partial charge in [0.1, 0.15) is 12.2 Å². The lowest BCUT2D eigenvalue weighted by atomic mass is 10.1. The van der Waals surface area contributed by atoms with Gasteiger partial charge in [0.25, 0.3) is 5.56 Å². The normalized spacial score (nSPS) is 10.5. The summed E-state index contributed by atoms with van der Waals surface area (Å²) in [6.07, 6.45) is 1.53. The van der Waals surface area contributed by atoms with E-state index in [-0.39, 0.29) is 17.9 Å². The van der Waals surface area contributed by atoms with Crippen LogP contribution in [0.25, 0.3) is 11.5 Å². The van der Waals surface area contributed by atoms with E-state index >= 15 is 0 Å². The van der Waals surface area contributed by atoms with Crippen LogP contribution in [-0.4, -0.2) is 15.6 Å². The van der Waals surface area contributed by atoms with Crippen LogP contribution in [0.15, 0.2) is 70.1 Å². The molecule has 2 aromatic heterocycles. The van der Waals surface area contributed by atoms with Crippen molar-refractivity contribution in [3.8, 4) is 11.5 Å². The Kier molecular flexibility index (Phi) is 3.47. The molecule has 0 aliphatic rings. The predicted octanol–water partition coefficient (Wildman–Crippen LogP) is 2.39. The topological polar surface area (TPSA) is 65.1 Å². The molecule has 0 radical (unpaired) electrons. The molecular formula is C16H12N2O3. The number of hydrogen-bond donors (Lipinski definition) is 0. The lowest BCUT2D eigenvalue weighted by Crippen LogP contribution is -2.26. The summed E-state index contributed by atoms with van der Waals surface area (Å²) in [6.45, 7) is -0.0998. The maximum atomic E-state index is 12.1. The van der Waals surface area contributed by atoms with Crippen LogP contribution in [0.1, 0.15) is 10.4 Å². The number of carbonyl (C=O) groups is 1. The second-order valence-electron chi connectivity index (χ2n) is 4.48. The first kappa shape index (κ1) is 13.1. The van der Waals surface area contributed by atoms with Crippen molar-refractivity contribution in [1.29, 1.82) is 0 Å². The minimum absolute atomic E-state index is 0.0998. The molecule has 0 fully saturated rings. The highest BCUT2D eigenvalue weighted by Crippen LogP contribution is 2.15. The molecule has 0 aliphatic carbocycles. The van der Waals surface area contributed by atoms with E-state index in [2.05, 4.69) is 5.10 Å². The number of aromatic nitrogens is 2. The first-order valence-electron chi connectivity index (χ1n) is 6.44. The van der Waals surface area contributed by atoms with Gasteiger partial charge in [0.2, 0.25) is 0 Å². The van der Waals surface area contributed by atoms with Gasteiger partial charge < -0.3 is 4.42 Å². The van der Waals surface area contributed by atoms with Gasteiger partial charge in [0.05, 0.1) is 6.26 Å². The molecule has 0 N–H and O–H groups in total. The monoisotopic (exact) mass is 280 g/mol. The van der Waals surface area contributed by atoms with Gasteiger partial charge in [-0.25, -0.2) is 4.68 Å². The zero-order valence-electron chi connectivity index (χ0n) is 11.1. The SMILES string of the molecule is O=C(Cn1nc(-c2ccco2)ccc1=O)c1ccccc1. The number of furan rings is 1. The fraction of sp³-hybridized carbons (Fsp3) is 0.0625. The van der Waals surface area contributed by atoms with E-state index in [1.54, 1.807) is 42.5 Å². The number of Topliss-reactive ketones (excluding diaryl/α,β-unsaturated/α-hetero) is 1. The highest BCUT2D eigenvalue weighted by Gasteiger charge is 2.10. The van der Waals surface area contributed by atoms with Gasteiger partial charge >= 0.3 is 0 Å². The molecule has 2 heterocycles. The predicted molar refractivity (Wildman–Crippen MR) is 77.0 cm³/mol. The summed E-state index contributed by atoms with van der Waals surface area (Å²) in [5.74, 6) is 0.387. The summed E-state index contributed by atoms with van der Waals surface area (Å²) in [4.78, 5) is 24.0. The Morgan fingerprint density at radius 2 is 1.86 bits per heavy atom. The summed E-state index contributed by atoms with van der Waals surface area (Å²) in [5.41, 5.74) is 0.740. The molecular weight excluding hydrogens is 268 g/mol. The number of ketones is 1. The van der Waals surface area contributed by atoms with Gasteiger partial charge in [-0.15, -0.1) is 0 Å². The minimum atomic E-state index is -0.324. The van der Waals surface area contributed by atoms with Gasteiger partial charge in [-0.1, -0.05) is 30.3 Å². The number of nitrogens with zero attached hydrogens (tertiary/aromatic N) is 2. The molecule has 0 bridgehead atoms. The fourth-order valence-electron chi connectivity index (χ4n) is 1.97. The van der Waals surface area contributed by atoms with Crippen molar-refractivity contribution in [2.75, 3.05) is 0 Å². The second kappa shape index (κ2) is 5.58. The van der Waals surface area contributed by atoms with Gasteiger partial charge in [0, 0.05) is 11.6 Å². The van der Waals surface area contributed by atoms with Crippen LogP contribution in [-0.2, 0) is 6.54 Å². The van der Waals surface area contributed by atoms with E-state index in [0.717, 1.165) is 4.68 Å². The van der Waals surface area contributed by atoms with Crippen molar-refractivity contribution >= 4 is 5.78 Å². The summed E-state index contributed by atoms with van der Waals surface area (Å²) >= 11 is 0. The molecule has 5 nitrogen and oxygen atoms in total. The molecule has 0 spiro atoms. The second-order valence-corrected chi connectivity index (χ2v) is 4.48. The Morgan fingerprint density at radius 3 is 2.57 bits per heavy atom. The van der Waals surface area contributed by atoms with Crippen molar-refractivity contribution in [2.45, 2.75) is 6.54 Å². The Balaban J connectivity index is 1.90. The van der Waals surface area contributed by atoms with Gasteiger partial charge in [-0.05, 0) is 18.2 Å². The van der Waals surface area contributed by atoms with Crippen molar-refractivity contribution in [2.24, 2.45) is 0 Å². The van der Waals surface area contributed by atoms with Crippen molar-refractivity contribution in [3.63, 3.8) is 0 Å². The molecule has 0 amide bonds. The lowest BCUT2D eigenvalue weighted by molar-refractivity contribution is 0.0966. The fourth-order valence-corrected chi connectivity index (χ4v) is 1.97. The molecule has 3 aromatic rings. The van der Waals surface area contributed by atoms with E-state index in [1.165, 1.54) is 12.3 Å². The third-order valence-corrected chi connectivity index (χ3v) is 3.03. The van der Waals surface area contributed by atoms with Crippen LogP contribution in [0.2, 0.25) is 0 Å². The average molecular weight is 280 g/mol. The molecule has 0 saturated carbocycles. The van der Waals surface area contributed by atoms with Gasteiger partial charge in [-0.3, -0.25) is 9.59 Å². The summed E-state index contributed by atoms with van der Waals surface area (Å²) in [6, 6.07) is 15.3. The molecule has 1 aromatic carbocycles. The quantitative estimate of drug-likeness (QED) is 0.688. The largest absolute Gasteiger partial charge is 0.463 e. The van der Waals surface area contributed by atoms with Gasteiger partial charge in [-0.2, -0.15) is 5.10 Å². The highest BCUT2D eigenvalue weighted by atomic mass is 16.3.